The fourth-order valence-corrected chi connectivity index (χ4v) is 3.72. The van der Waals surface area contributed by atoms with E-state index in [1.54, 1.807) is 4.90 Å². The summed E-state index contributed by atoms with van der Waals surface area (Å²) in [4.78, 5) is 32.7. The van der Waals surface area contributed by atoms with E-state index >= 15 is 0 Å². The number of aromatic nitrogens is 1. The van der Waals surface area contributed by atoms with Crippen LogP contribution in [-0.2, 0) is 17.6 Å². The van der Waals surface area contributed by atoms with Gasteiger partial charge in [-0.1, -0.05) is 30.3 Å². The van der Waals surface area contributed by atoms with Gasteiger partial charge in [0, 0.05) is 38.1 Å². The van der Waals surface area contributed by atoms with Crippen LogP contribution >= 0.6 is 11.3 Å². The molecule has 1 aliphatic rings. The molecule has 8 heteroatoms. The predicted molar refractivity (Wildman–Crippen MR) is 112 cm³/mol. The van der Waals surface area contributed by atoms with Gasteiger partial charge in [0.2, 0.25) is 5.91 Å². The minimum absolute atomic E-state index is 0.0460. The fraction of sp³-hybridized carbons (Fsp3) is 0.450. The van der Waals surface area contributed by atoms with Crippen LogP contribution in [0.1, 0.15) is 17.7 Å². The van der Waals surface area contributed by atoms with Crippen LogP contribution in [0.4, 0.5) is 9.93 Å². The Morgan fingerprint density at radius 2 is 1.89 bits per heavy atom. The van der Waals surface area contributed by atoms with E-state index in [0.29, 0.717) is 30.5 Å². The van der Waals surface area contributed by atoms with Gasteiger partial charge in [-0.2, -0.15) is 0 Å². The number of piperazine rings is 1. The van der Waals surface area contributed by atoms with E-state index in [1.165, 1.54) is 16.9 Å². The van der Waals surface area contributed by atoms with E-state index in [2.05, 4.69) is 39.7 Å². The number of carbonyl (C=O) groups excluding carboxylic acids is 2. The van der Waals surface area contributed by atoms with Gasteiger partial charge in [0.25, 0.3) is 0 Å². The average molecular weight is 402 g/mol. The maximum Gasteiger partial charge on any atom is 0.323 e. The van der Waals surface area contributed by atoms with Crippen LogP contribution in [0, 0.1) is 0 Å². The van der Waals surface area contributed by atoms with Crippen molar-refractivity contribution in [3.63, 3.8) is 0 Å². The summed E-state index contributed by atoms with van der Waals surface area (Å²) in [5.41, 5.74) is 1.95. The zero-order valence-corrected chi connectivity index (χ0v) is 17.0. The Balaban J connectivity index is 1.36. The molecule has 7 nitrogen and oxygen atoms in total. The molecule has 0 unspecified atom stereocenters. The minimum Gasteiger partial charge on any atom is -0.356 e. The van der Waals surface area contributed by atoms with E-state index in [0.717, 1.165) is 25.9 Å². The van der Waals surface area contributed by atoms with Gasteiger partial charge >= 0.3 is 6.03 Å². The lowest BCUT2D eigenvalue weighted by Gasteiger charge is -2.32. The van der Waals surface area contributed by atoms with E-state index in [1.807, 2.05) is 23.6 Å². The van der Waals surface area contributed by atoms with Crippen molar-refractivity contribution < 1.29 is 9.59 Å². The molecule has 0 saturated carbocycles. The summed E-state index contributed by atoms with van der Waals surface area (Å²) in [6, 6.07) is 10.1. The van der Waals surface area contributed by atoms with Gasteiger partial charge in [-0.05, 0) is 25.5 Å². The first kappa shape index (κ1) is 20.3. The highest BCUT2D eigenvalue weighted by Gasteiger charge is 2.20. The third-order valence-electron chi connectivity index (χ3n) is 4.70. The predicted octanol–water partition coefficient (Wildman–Crippen LogP) is 2.21. The SMILES string of the molecule is CN1CCN(C(=O)Nc2nc(CC(=O)NCCCc3ccccc3)cs2)CC1. The first-order valence-corrected chi connectivity index (χ1v) is 10.5. The summed E-state index contributed by atoms with van der Waals surface area (Å²) in [6.45, 7) is 3.82. The second kappa shape index (κ2) is 10.2. The van der Waals surface area contributed by atoms with Gasteiger partial charge < -0.3 is 15.1 Å². The minimum atomic E-state index is -0.126. The van der Waals surface area contributed by atoms with Gasteiger partial charge in [0.15, 0.2) is 5.13 Å². The van der Waals surface area contributed by atoms with E-state index < -0.39 is 0 Å². The number of anilines is 1. The Hall–Kier alpha value is -2.45. The van der Waals surface area contributed by atoms with Gasteiger partial charge in [-0.15, -0.1) is 11.3 Å². The van der Waals surface area contributed by atoms with Crippen LogP contribution in [0.5, 0.6) is 0 Å². The second-order valence-electron chi connectivity index (χ2n) is 6.98. The zero-order valence-electron chi connectivity index (χ0n) is 16.2. The van der Waals surface area contributed by atoms with Crippen molar-refractivity contribution in [2.75, 3.05) is 45.1 Å². The molecular weight excluding hydrogens is 374 g/mol. The summed E-state index contributed by atoms with van der Waals surface area (Å²) in [5, 5.41) is 8.13. The van der Waals surface area contributed by atoms with Crippen LogP contribution < -0.4 is 10.6 Å². The number of hydrogen-bond donors (Lipinski definition) is 2. The monoisotopic (exact) mass is 401 g/mol. The van der Waals surface area contributed by atoms with Crippen molar-refractivity contribution in [1.82, 2.24) is 20.1 Å². The van der Waals surface area contributed by atoms with E-state index in [-0.39, 0.29) is 18.4 Å². The maximum absolute atomic E-state index is 12.3. The Morgan fingerprint density at radius 3 is 2.64 bits per heavy atom. The van der Waals surface area contributed by atoms with Crippen LogP contribution in [0.2, 0.25) is 0 Å². The highest BCUT2D eigenvalue weighted by atomic mass is 32.1. The number of likely N-dealkylation sites (N-methyl/N-ethyl adjacent to an activating group) is 1. The number of nitrogens with one attached hydrogen (secondary N) is 2. The maximum atomic E-state index is 12.3. The van der Waals surface area contributed by atoms with E-state index in [4.69, 9.17) is 0 Å². The molecule has 3 amide bonds. The number of hydrogen-bond acceptors (Lipinski definition) is 5. The van der Waals surface area contributed by atoms with E-state index in [9.17, 15) is 9.59 Å². The number of nitrogens with zero attached hydrogens (tertiary/aromatic N) is 3. The number of urea groups is 1. The molecule has 28 heavy (non-hydrogen) atoms. The number of rotatable bonds is 7. The number of carbonyl (C=O) groups is 2. The smallest absolute Gasteiger partial charge is 0.323 e. The molecule has 2 N–H and O–H groups in total. The normalized spacial score (nSPS) is 14.7. The van der Waals surface area contributed by atoms with Crippen LogP contribution in [-0.4, -0.2) is 66.5 Å². The van der Waals surface area contributed by atoms with Crippen molar-refractivity contribution in [1.29, 1.82) is 0 Å². The lowest BCUT2D eigenvalue weighted by molar-refractivity contribution is -0.120. The summed E-state index contributed by atoms with van der Waals surface area (Å²) < 4.78 is 0. The van der Waals surface area contributed by atoms with Crippen LogP contribution in [0.3, 0.4) is 0 Å². The molecule has 0 aliphatic carbocycles. The van der Waals surface area contributed by atoms with Crippen molar-refractivity contribution in [2.24, 2.45) is 0 Å². The van der Waals surface area contributed by atoms with Crippen molar-refractivity contribution >= 4 is 28.4 Å². The summed E-state index contributed by atoms with van der Waals surface area (Å²) in [6.07, 6.45) is 2.08. The van der Waals surface area contributed by atoms with Crippen molar-refractivity contribution in [3.8, 4) is 0 Å². The van der Waals surface area contributed by atoms with Gasteiger partial charge in [0.05, 0.1) is 12.1 Å². The molecule has 1 saturated heterocycles. The lowest BCUT2D eigenvalue weighted by atomic mass is 10.1. The number of aryl methyl sites for hydroxylation is 1. The number of amides is 3. The highest BCUT2D eigenvalue weighted by molar-refractivity contribution is 7.13. The first-order chi connectivity index (χ1) is 13.6. The Labute approximate surface area is 169 Å². The number of benzene rings is 1. The summed E-state index contributed by atoms with van der Waals surface area (Å²) in [7, 11) is 2.05. The average Bonchev–Trinajstić information content (AvgIpc) is 3.13. The molecule has 0 radical (unpaired) electrons. The van der Waals surface area contributed by atoms with Gasteiger partial charge in [0.1, 0.15) is 0 Å². The molecule has 3 rings (SSSR count). The Bertz CT molecular complexity index is 772. The highest BCUT2D eigenvalue weighted by Crippen LogP contribution is 2.17. The second-order valence-corrected chi connectivity index (χ2v) is 7.84. The third-order valence-corrected chi connectivity index (χ3v) is 5.51. The van der Waals surface area contributed by atoms with Crippen LogP contribution in [0.25, 0.3) is 0 Å². The molecule has 2 heterocycles. The standard InChI is InChI=1S/C20H27N5O2S/c1-24-10-12-25(13-11-24)20(27)23-19-22-17(15-28-19)14-18(26)21-9-5-8-16-6-3-2-4-7-16/h2-4,6-7,15H,5,8-14H2,1H3,(H,21,26)(H,22,23,27). The quantitative estimate of drug-likeness (QED) is 0.698. The topological polar surface area (TPSA) is 77.6 Å². The molecule has 1 aromatic carbocycles. The fourth-order valence-electron chi connectivity index (χ4n) is 3.02. The molecular formula is C20H27N5O2S. The zero-order chi connectivity index (χ0) is 19.8. The molecule has 1 aromatic heterocycles. The lowest BCUT2D eigenvalue weighted by Crippen LogP contribution is -2.48. The Kier molecular flexibility index (Phi) is 7.39. The molecule has 1 fully saturated rings. The van der Waals surface area contributed by atoms with Crippen molar-refractivity contribution in [3.05, 3.63) is 47.0 Å². The molecule has 150 valence electrons. The first-order valence-electron chi connectivity index (χ1n) is 9.59. The molecule has 0 atom stereocenters. The summed E-state index contributed by atoms with van der Waals surface area (Å²) >= 11 is 1.35. The summed E-state index contributed by atoms with van der Waals surface area (Å²) in [5.74, 6) is -0.0460. The van der Waals surface area contributed by atoms with Crippen molar-refractivity contribution in [2.45, 2.75) is 19.3 Å². The van der Waals surface area contributed by atoms with Gasteiger partial charge in [-0.3, -0.25) is 10.1 Å². The third kappa shape index (κ3) is 6.31. The molecule has 1 aliphatic heterocycles. The molecule has 0 spiro atoms. The largest absolute Gasteiger partial charge is 0.356 e. The number of thiazole rings is 1. The molecule has 2 aromatic rings. The Morgan fingerprint density at radius 1 is 1.14 bits per heavy atom. The van der Waals surface area contributed by atoms with Crippen LogP contribution in [0.15, 0.2) is 35.7 Å². The molecule has 0 bridgehead atoms. The van der Waals surface area contributed by atoms with Gasteiger partial charge in [-0.25, -0.2) is 9.78 Å².